The third-order valence-corrected chi connectivity index (χ3v) is 1.97. The lowest BCUT2D eigenvalue weighted by atomic mass is 10.0. The molecule has 0 spiro atoms. The lowest BCUT2D eigenvalue weighted by Crippen LogP contribution is -2.27. The van der Waals surface area contributed by atoms with Gasteiger partial charge in [0.25, 0.3) is 0 Å². The van der Waals surface area contributed by atoms with Crippen LogP contribution in [0.1, 0.15) is 25.3 Å². The smallest absolute Gasteiger partial charge is 0.410 e. The average Bonchev–Trinajstić information content (AvgIpc) is 2.18. The van der Waals surface area contributed by atoms with Gasteiger partial charge in [0, 0.05) is 0 Å². The normalized spacial score (nSPS) is 10.1. The second-order valence-corrected chi connectivity index (χ2v) is 3.42. The van der Waals surface area contributed by atoms with Gasteiger partial charge < -0.3 is 9.84 Å². The van der Waals surface area contributed by atoms with Gasteiger partial charge in [-0.2, -0.15) is 0 Å². The van der Waals surface area contributed by atoms with Crippen LogP contribution in [0.4, 0.5) is 4.79 Å². The van der Waals surface area contributed by atoms with Gasteiger partial charge in [0.15, 0.2) is 0 Å². The fraction of sp³-hybridized carbons (Fsp3) is 0.364. The number of benzene rings is 1. The van der Waals surface area contributed by atoms with Crippen LogP contribution in [0.5, 0.6) is 5.75 Å². The first-order chi connectivity index (χ1) is 7.15. The lowest BCUT2D eigenvalue weighted by molar-refractivity contribution is 0.181. The summed E-state index contributed by atoms with van der Waals surface area (Å²) in [6, 6.07) is 7.33. The van der Waals surface area contributed by atoms with E-state index in [4.69, 9.17) is 9.84 Å². The van der Waals surface area contributed by atoms with Crippen LogP contribution >= 0.6 is 0 Å². The summed E-state index contributed by atoms with van der Waals surface area (Å²) in [5, 5.41) is 10.6. The van der Waals surface area contributed by atoms with E-state index in [0.717, 1.165) is 5.56 Å². The molecule has 0 saturated heterocycles. The minimum absolute atomic E-state index is 0.281. The van der Waals surface area contributed by atoms with Gasteiger partial charge in [0.1, 0.15) is 12.5 Å². The van der Waals surface area contributed by atoms with E-state index in [2.05, 4.69) is 5.32 Å². The maximum atomic E-state index is 11.1. The number of rotatable bonds is 3. The standard InChI is InChI=1S/C11H15NO3/c1-8(2)9-5-3-4-6-10(9)15-11(14)12-7-13/h3-6,8,13H,7H2,1-2H3,(H,12,14). The molecule has 4 heteroatoms. The van der Waals surface area contributed by atoms with Crippen LogP contribution in [0.2, 0.25) is 0 Å². The number of para-hydroxylation sites is 1. The van der Waals surface area contributed by atoms with Crippen LogP contribution in [0.25, 0.3) is 0 Å². The molecule has 1 aromatic carbocycles. The molecule has 0 aliphatic carbocycles. The van der Waals surface area contributed by atoms with E-state index in [1.54, 1.807) is 12.1 Å². The van der Waals surface area contributed by atoms with E-state index in [0.29, 0.717) is 5.75 Å². The quantitative estimate of drug-likeness (QED) is 0.747. The minimum Gasteiger partial charge on any atom is -0.410 e. The molecule has 0 saturated carbocycles. The van der Waals surface area contributed by atoms with E-state index in [1.807, 2.05) is 26.0 Å². The van der Waals surface area contributed by atoms with Crippen LogP contribution in [0.15, 0.2) is 24.3 Å². The summed E-state index contributed by atoms with van der Waals surface area (Å²) in [5.74, 6) is 0.807. The fourth-order valence-electron chi connectivity index (χ4n) is 1.25. The molecule has 0 unspecified atom stereocenters. The van der Waals surface area contributed by atoms with Crippen molar-refractivity contribution in [2.24, 2.45) is 0 Å². The highest BCUT2D eigenvalue weighted by Crippen LogP contribution is 2.25. The fourth-order valence-corrected chi connectivity index (χ4v) is 1.25. The SMILES string of the molecule is CC(C)c1ccccc1OC(=O)NCO. The Morgan fingerprint density at radius 1 is 1.47 bits per heavy atom. The van der Waals surface area contributed by atoms with E-state index in [-0.39, 0.29) is 5.92 Å². The third-order valence-electron chi connectivity index (χ3n) is 1.97. The Bertz CT molecular complexity index is 336. The Kier molecular flexibility index (Phi) is 4.12. The van der Waals surface area contributed by atoms with Gasteiger partial charge in [0.05, 0.1) is 0 Å². The average molecular weight is 209 g/mol. The van der Waals surface area contributed by atoms with Crippen LogP contribution in [-0.2, 0) is 0 Å². The van der Waals surface area contributed by atoms with Gasteiger partial charge >= 0.3 is 6.09 Å². The molecule has 0 aliphatic heterocycles. The maximum Gasteiger partial charge on any atom is 0.414 e. The number of aliphatic hydroxyl groups excluding tert-OH is 1. The Morgan fingerprint density at radius 2 is 2.13 bits per heavy atom. The van der Waals surface area contributed by atoms with E-state index in [9.17, 15) is 4.79 Å². The van der Waals surface area contributed by atoms with Gasteiger partial charge in [-0.05, 0) is 17.5 Å². The van der Waals surface area contributed by atoms with Crippen molar-refractivity contribution in [1.29, 1.82) is 0 Å². The Balaban J connectivity index is 2.80. The van der Waals surface area contributed by atoms with E-state index < -0.39 is 12.8 Å². The molecular weight excluding hydrogens is 194 g/mol. The van der Waals surface area contributed by atoms with Crippen molar-refractivity contribution in [2.45, 2.75) is 19.8 Å². The summed E-state index contributed by atoms with van der Waals surface area (Å²) >= 11 is 0. The lowest BCUT2D eigenvalue weighted by Gasteiger charge is -2.12. The molecule has 1 amide bonds. The van der Waals surface area contributed by atoms with Crippen molar-refractivity contribution in [3.05, 3.63) is 29.8 Å². The number of amides is 1. The number of ether oxygens (including phenoxy) is 1. The maximum absolute atomic E-state index is 11.1. The van der Waals surface area contributed by atoms with E-state index >= 15 is 0 Å². The zero-order chi connectivity index (χ0) is 11.3. The minimum atomic E-state index is -0.648. The molecule has 0 atom stereocenters. The highest BCUT2D eigenvalue weighted by molar-refractivity contribution is 5.70. The summed E-state index contributed by atoms with van der Waals surface area (Å²) in [4.78, 5) is 11.1. The first kappa shape index (κ1) is 11.5. The van der Waals surface area contributed by atoms with E-state index in [1.165, 1.54) is 0 Å². The molecule has 0 radical (unpaired) electrons. The molecule has 0 heterocycles. The predicted molar refractivity (Wildman–Crippen MR) is 56.8 cm³/mol. The van der Waals surface area contributed by atoms with Crippen molar-refractivity contribution < 1.29 is 14.6 Å². The van der Waals surface area contributed by atoms with Crippen LogP contribution in [-0.4, -0.2) is 17.9 Å². The summed E-state index contributed by atoms with van der Waals surface area (Å²) in [7, 11) is 0. The first-order valence-electron chi connectivity index (χ1n) is 4.80. The zero-order valence-corrected chi connectivity index (χ0v) is 8.86. The largest absolute Gasteiger partial charge is 0.414 e. The zero-order valence-electron chi connectivity index (χ0n) is 8.86. The van der Waals surface area contributed by atoms with Gasteiger partial charge in [-0.15, -0.1) is 0 Å². The molecular formula is C11H15NO3. The summed E-state index contributed by atoms with van der Waals surface area (Å²) in [5.41, 5.74) is 0.964. The summed E-state index contributed by atoms with van der Waals surface area (Å²) in [6.45, 7) is 3.61. The molecule has 82 valence electrons. The molecule has 0 bridgehead atoms. The van der Waals surface area contributed by atoms with Crippen LogP contribution < -0.4 is 10.1 Å². The highest BCUT2D eigenvalue weighted by atomic mass is 16.6. The number of carbonyl (C=O) groups excluding carboxylic acids is 1. The summed E-state index contributed by atoms with van der Waals surface area (Å²) in [6.07, 6.45) is -0.648. The van der Waals surface area contributed by atoms with Crippen LogP contribution in [0.3, 0.4) is 0 Å². The van der Waals surface area contributed by atoms with Crippen molar-refractivity contribution in [1.82, 2.24) is 5.32 Å². The number of carbonyl (C=O) groups is 1. The number of nitrogens with one attached hydrogen (secondary N) is 1. The Labute approximate surface area is 88.9 Å². The van der Waals surface area contributed by atoms with Crippen molar-refractivity contribution in [2.75, 3.05) is 6.73 Å². The Morgan fingerprint density at radius 3 is 2.73 bits per heavy atom. The summed E-state index contributed by atoms with van der Waals surface area (Å²) < 4.78 is 5.04. The highest BCUT2D eigenvalue weighted by Gasteiger charge is 2.10. The number of aliphatic hydroxyl groups is 1. The second kappa shape index (κ2) is 5.36. The number of hydrogen-bond donors (Lipinski definition) is 2. The molecule has 0 aliphatic rings. The second-order valence-electron chi connectivity index (χ2n) is 3.42. The monoisotopic (exact) mass is 209 g/mol. The Hall–Kier alpha value is -1.55. The molecule has 1 aromatic rings. The molecule has 0 aromatic heterocycles. The third kappa shape index (κ3) is 3.25. The van der Waals surface area contributed by atoms with Gasteiger partial charge in [0.2, 0.25) is 0 Å². The van der Waals surface area contributed by atoms with Crippen LogP contribution in [0, 0.1) is 0 Å². The van der Waals surface area contributed by atoms with Crippen molar-refractivity contribution in [3.8, 4) is 5.75 Å². The molecule has 0 fully saturated rings. The molecule has 2 N–H and O–H groups in total. The topological polar surface area (TPSA) is 58.6 Å². The first-order valence-corrected chi connectivity index (χ1v) is 4.80. The van der Waals surface area contributed by atoms with Gasteiger partial charge in [-0.3, -0.25) is 5.32 Å². The predicted octanol–water partition coefficient (Wildman–Crippen LogP) is 1.85. The molecule has 4 nitrogen and oxygen atoms in total. The van der Waals surface area contributed by atoms with Gasteiger partial charge in [-0.25, -0.2) is 4.79 Å². The number of hydrogen-bond acceptors (Lipinski definition) is 3. The van der Waals surface area contributed by atoms with Gasteiger partial charge in [-0.1, -0.05) is 32.0 Å². The van der Waals surface area contributed by atoms with Crippen molar-refractivity contribution >= 4 is 6.09 Å². The molecule has 15 heavy (non-hydrogen) atoms. The van der Waals surface area contributed by atoms with Crippen molar-refractivity contribution in [3.63, 3.8) is 0 Å². The molecule has 1 rings (SSSR count).